The van der Waals surface area contributed by atoms with Crippen LogP contribution in [0.3, 0.4) is 0 Å². The normalized spacial score (nSPS) is 10.5. The minimum Gasteiger partial charge on any atom is -0.472 e. The topological polar surface area (TPSA) is 79.2 Å². The van der Waals surface area contributed by atoms with Crippen molar-refractivity contribution >= 4 is 5.91 Å². The maximum atomic E-state index is 12.4. The number of nitrogens with zero attached hydrogens (tertiary/aromatic N) is 2. The van der Waals surface area contributed by atoms with E-state index < -0.39 is 5.56 Å². The Bertz CT molecular complexity index is 854. The number of H-pyrrole nitrogens is 1. The lowest BCUT2D eigenvalue weighted by Gasteiger charge is -2.15. The highest BCUT2D eigenvalue weighted by atomic mass is 16.3. The van der Waals surface area contributed by atoms with Gasteiger partial charge in [0.05, 0.1) is 12.5 Å². The van der Waals surface area contributed by atoms with E-state index >= 15 is 0 Å². The molecule has 1 aromatic carbocycles. The molecule has 0 spiro atoms. The van der Waals surface area contributed by atoms with Gasteiger partial charge >= 0.3 is 0 Å². The van der Waals surface area contributed by atoms with Gasteiger partial charge in [0.15, 0.2) is 0 Å². The minimum atomic E-state index is -0.456. The maximum absolute atomic E-state index is 12.4. The van der Waals surface area contributed by atoms with Crippen molar-refractivity contribution in [3.8, 4) is 11.4 Å². The van der Waals surface area contributed by atoms with Crippen LogP contribution in [0.1, 0.15) is 15.9 Å². The van der Waals surface area contributed by atoms with Crippen LogP contribution in [0.25, 0.3) is 11.4 Å². The molecule has 116 valence electrons. The number of rotatable bonds is 4. The van der Waals surface area contributed by atoms with E-state index in [1.807, 2.05) is 30.3 Å². The number of benzene rings is 1. The highest BCUT2D eigenvalue weighted by molar-refractivity contribution is 5.93. The fourth-order valence-corrected chi connectivity index (χ4v) is 2.22. The standard InChI is InChI=1S/C17H15N3O3/c1-20(10-12-7-8-23-11-12)17(22)14-9-18-15(19-16(14)21)13-5-3-2-4-6-13/h2-9,11H,10H2,1H3,(H,18,19,21). The van der Waals surface area contributed by atoms with Gasteiger partial charge in [-0.1, -0.05) is 30.3 Å². The van der Waals surface area contributed by atoms with E-state index in [4.69, 9.17) is 4.42 Å². The molecule has 0 unspecified atom stereocenters. The molecule has 0 radical (unpaired) electrons. The molecule has 2 heterocycles. The second-order valence-electron chi connectivity index (χ2n) is 5.13. The zero-order valence-corrected chi connectivity index (χ0v) is 12.5. The minimum absolute atomic E-state index is 0.00989. The summed E-state index contributed by atoms with van der Waals surface area (Å²) in [6.07, 6.45) is 4.41. The Labute approximate surface area is 132 Å². The van der Waals surface area contributed by atoms with E-state index in [1.54, 1.807) is 19.4 Å². The number of aromatic amines is 1. The quantitative estimate of drug-likeness (QED) is 0.802. The summed E-state index contributed by atoms with van der Waals surface area (Å²) in [5, 5.41) is 0. The molecule has 0 atom stereocenters. The predicted molar refractivity (Wildman–Crippen MR) is 84.8 cm³/mol. The summed E-state index contributed by atoms with van der Waals surface area (Å²) in [4.78, 5) is 32.9. The van der Waals surface area contributed by atoms with Gasteiger partial charge in [-0.2, -0.15) is 0 Å². The van der Waals surface area contributed by atoms with Crippen LogP contribution in [0.2, 0.25) is 0 Å². The van der Waals surface area contributed by atoms with Crippen LogP contribution in [0.5, 0.6) is 0 Å². The third kappa shape index (κ3) is 3.21. The Balaban J connectivity index is 1.83. The molecule has 0 saturated carbocycles. The second kappa shape index (κ2) is 6.31. The molecule has 3 rings (SSSR count). The number of hydrogen-bond donors (Lipinski definition) is 1. The van der Waals surface area contributed by atoms with Crippen molar-refractivity contribution in [2.24, 2.45) is 0 Å². The first kappa shape index (κ1) is 14.8. The van der Waals surface area contributed by atoms with Crippen molar-refractivity contribution in [3.63, 3.8) is 0 Å². The van der Waals surface area contributed by atoms with Crippen LogP contribution in [0.4, 0.5) is 0 Å². The first-order valence-electron chi connectivity index (χ1n) is 7.06. The smallest absolute Gasteiger partial charge is 0.264 e. The number of aromatic nitrogens is 2. The average molecular weight is 309 g/mol. The van der Waals surface area contributed by atoms with Gasteiger partial charge in [-0.25, -0.2) is 4.98 Å². The summed E-state index contributed by atoms with van der Waals surface area (Å²) in [5.74, 6) is 0.0456. The van der Waals surface area contributed by atoms with Crippen LogP contribution in [0.15, 0.2) is 64.3 Å². The fraction of sp³-hybridized carbons (Fsp3) is 0.118. The zero-order valence-electron chi connectivity index (χ0n) is 12.5. The van der Waals surface area contributed by atoms with Gasteiger partial charge in [-0.15, -0.1) is 0 Å². The van der Waals surface area contributed by atoms with Gasteiger partial charge in [0, 0.05) is 30.9 Å². The molecule has 0 fully saturated rings. The number of hydrogen-bond acceptors (Lipinski definition) is 4. The largest absolute Gasteiger partial charge is 0.472 e. The number of carbonyl (C=O) groups is 1. The summed E-state index contributed by atoms with van der Waals surface area (Å²) in [7, 11) is 1.62. The molecule has 0 aliphatic carbocycles. The van der Waals surface area contributed by atoms with Gasteiger partial charge in [-0.3, -0.25) is 9.59 Å². The van der Waals surface area contributed by atoms with Crippen molar-refractivity contribution in [2.75, 3.05) is 7.05 Å². The summed E-state index contributed by atoms with van der Waals surface area (Å²) in [6, 6.07) is 11.0. The van der Waals surface area contributed by atoms with Crippen molar-refractivity contribution in [2.45, 2.75) is 6.54 Å². The molecule has 6 nitrogen and oxygen atoms in total. The Morgan fingerprint density at radius 1 is 1.26 bits per heavy atom. The molecular formula is C17H15N3O3. The van der Waals surface area contributed by atoms with E-state index in [1.165, 1.54) is 17.4 Å². The van der Waals surface area contributed by atoms with E-state index in [9.17, 15) is 9.59 Å². The van der Waals surface area contributed by atoms with Crippen LogP contribution in [0, 0.1) is 0 Å². The average Bonchev–Trinajstić information content (AvgIpc) is 3.08. The van der Waals surface area contributed by atoms with E-state index in [0.29, 0.717) is 12.4 Å². The molecule has 0 saturated heterocycles. The Morgan fingerprint density at radius 3 is 2.70 bits per heavy atom. The molecule has 1 amide bonds. The lowest BCUT2D eigenvalue weighted by molar-refractivity contribution is 0.0782. The SMILES string of the molecule is CN(Cc1ccoc1)C(=O)c1cnc(-c2ccccc2)[nH]c1=O. The highest BCUT2D eigenvalue weighted by Gasteiger charge is 2.17. The summed E-state index contributed by atoms with van der Waals surface area (Å²) in [6.45, 7) is 0.356. The number of nitrogens with one attached hydrogen (secondary N) is 1. The first-order chi connectivity index (χ1) is 11.1. The van der Waals surface area contributed by atoms with Crippen molar-refractivity contribution in [3.05, 3.63) is 76.6 Å². The van der Waals surface area contributed by atoms with Crippen LogP contribution >= 0.6 is 0 Å². The third-order valence-corrected chi connectivity index (χ3v) is 3.42. The van der Waals surface area contributed by atoms with Crippen molar-refractivity contribution in [1.29, 1.82) is 0 Å². The maximum Gasteiger partial charge on any atom is 0.264 e. The van der Waals surface area contributed by atoms with Gasteiger partial charge in [0.25, 0.3) is 11.5 Å². The van der Waals surface area contributed by atoms with Crippen molar-refractivity contribution < 1.29 is 9.21 Å². The van der Waals surface area contributed by atoms with E-state index in [-0.39, 0.29) is 11.5 Å². The lowest BCUT2D eigenvalue weighted by atomic mass is 10.2. The Kier molecular flexibility index (Phi) is 4.05. The lowest BCUT2D eigenvalue weighted by Crippen LogP contribution is -2.31. The molecule has 0 bridgehead atoms. The molecule has 0 aliphatic rings. The zero-order chi connectivity index (χ0) is 16.2. The molecule has 23 heavy (non-hydrogen) atoms. The molecule has 3 aromatic rings. The highest BCUT2D eigenvalue weighted by Crippen LogP contribution is 2.12. The van der Waals surface area contributed by atoms with Gasteiger partial charge in [-0.05, 0) is 6.07 Å². The van der Waals surface area contributed by atoms with E-state index in [0.717, 1.165) is 11.1 Å². The molecule has 0 aliphatic heterocycles. The number of carbonyl (C=O) groups excluding carboxylic acids is 1. The third-order valence-electron chi connectivity index (χ3n) is 3.42. The van der Waals surface area contributed by atoms with Crippen LogP contribution in [-0.2, 0) is 6.54 Å². The summed E-state index contributed by atoms with van der Waals surface area (Å²) in [5.41, 5.74) is 1.19. The van der Waals surface area contributed by atoms with E-state index in [2.05, 4.69) is 9.97 Å². The molecule has 1 N–H and O–H groups in total. The molecule has 6 heteroatoms. The number of furan rings is 1. The monoisotopic (exact) mass is 309 g/mol. The van der Waals surface area contributed by atoms with Crippen LogP contribution < -0.4 is 5.56 Å². The predicted octanol–water partition coefficient (Wildman–Crippen LogP) is 2.30. The summed E-state index contributed by atoms with van der Waals surface area (Å²) < 4.78 is 4.97. The molecule has 2 aromatic heterocycles. The molecular weight excluding hydrogens is 294 g/mol. The Hall–Kier alpha value is -3.15. The number of amides is 1. The summed E-state index contributed by atoms with van der Waals surface area (Å²) >= 11 is 0. The van der Waals surface area contributed by atoms with Crippen molar-refractivity contribution in [1.82, 2.24) is 14.9 Å². The van der Waals surface area contributed by atoms with Gasteiger partial charge in [0.1, 0.15) is 11.4 Å². The first-order valence-corrected chi connectivity index (χ1v) is 7.06. The van der Waals surface area contributed by atoms with Crippen LogP contribution in [-0.4, -0.2) is 27.8 Å². The second-order valence-corrected chi connectivity index (χ2v) is 5.13. The Morgan fingerprint density at radius 2 is 2.04 bits per heavy atom. The fourth-order valence-electron chi connectivity index (χ4n) is 2.22. The van der Waals surface area contributed by atoms with Gasteiger partial charge < -0.3 is 14.3 Å². The van der Waals surface area contributed by atoms with Gasteiger partial charge in [0.2, 0.25) is 0 Å².